The molecule has 0 aliphatic rings. The van der Waals surface area contributed by atoms with Gasteiger partial charge >= 0.3 is 0 Å². The third-order valence-corrected chi connectivity index (χ3v) is 11.4. The van der Waals surface area contributed by atoms with Crippen molar-refractivity contribution in [3.05, 3.63) is 174 Å². The summed E-state index contributed by atoms with van der Waals surface area (Å²) in [5.41, 5.74) is 9.29. The Morgan fingerprint density at radius 1 is 0.596 bits per heavy atom. The fraction of sp³-hybridized carbons (Fsp3) is 0.0638. The Morgan fingerprint density at radius 3 is 2.04 bits per heavy atom. The molecular formula is C47H33N3OS. The van der Waals surface area contributed by atoms with Gasteiger partial charge in [-0.15, -0.1) is 11.3 Å². The lowest BCUT2D eigenvalue weighted by Crippen LogP contribution is -2.05. The van der Waals surface area contributed by atoms with E-state index in [-0.39, 0.29) is 6.04 Å². The molecular weight excluding hydrogens is 655 g/mol. The summed E-state index contributed by atoms with van der Waals surface area (Å²) in [5, 5.41) is 7.30. The molecule has 0 aliphatic carbocycles. The number of thiophene rings is 1. The Balaban J connectivity index is 1.09. The second-order valence-electron chi connectivity index (χ2n) is 13.4. The lowest BCUT2D eigenvalue weighted by atomic mass is 10.1. The van der Waals surface area contributed by atoms with Crippen molar-refractivity contribution >= 4 is 86.8 Å². The van der Waals surface area contributed by atoms with E-state index in [9.17, 15) is 0 Å². The van der Waals surface area contributed by atoms with Gasteiger partial charge in [0.1, 0.15) is 11.2 Å². The van der Waals surface area contributed by atoms with Crippen LogP contribution in [-0.2, 0) is 0 Å². The van der Waals surface area contributed by atoms with Crippen molar-refractivity contribution in [2.24, 2.45) is 9.98 Å². The third-order valence-electron chi connectivity index (χ3n) is 10.2. The van der Waals surface area contributed by atoms with Crippen LogP contribution in [-0.4, -0.2) is 16.1 Å². The molecule has 4 nitrogen and oxygen atoms in total. The van der Waals surface area contributed by atoms with E-state index in [0.29, 0.717) is 5.84 Å². The SMILES string of the molecule is CC(=NC(=NC(C)c1ccc2c(c1)oc1cc(-n3c4ccccc4c4ccc5c6ccccc6sc5c43)ccc12)c1ccccc1)c1ccccc1. The molecule has 7 aromatic carbocycles. The number of nitrogens with zero attached hydrogens (tertiary/aromatic N) is 3. The lowest BCUT2D eigenvalue weighted by Gasteiger charge is -2.11. The van der Waals surface area contributed by atoms with E-state index in [1.54, 1.807) is 0 Å². The highest BCUT2D eigenvalue weighted by Gasteiger charge is 2.19. The normalized spacial score (nSPS) is 13.3. The first-order chi connectivity index (χ1) is 25.6. The van der Waals surface area contributed by atoms with Crippen LogP contribution in [0.1, 0.15) is 36.6 Å². The predicted octanol–water partition coefficient (Wildman–Crippen LogP) is 13.1. The monoisotopic (exact) mass is 687 g/mol. The average molecular weight is 688 g/mol. The van der Waals surface area contributed by atoms with Crippen molar-refractivity contribution in [1.82, 2.24) is 4.57 Å². The molecule has 248 valence electrons. The number of fused-ring (bicyclic) bond motifs is 10. The van der Waals surface area contributed by atoms with Crippen molar-refractivity contribution in [3.8, 4) is 5.69 Å². The van der Waals surface area contributed by atoms with Crippen LogP contribution in [0, 0.1) is 0 Å². The molecule has 0 saturated heterocycles. The number of hydrogen-bond acceptors (Lipinski definition) is 3. The minimum atomic E-state index is -0.142. The number of amidine groups is 1. The molecule has 0 N–H and O–H groups in total. The Hall–Kier alpha value is -6.30. The zero-order valence-electron chi connectivity index (χ0n) is 28.7. The van der Waals surface area contributed by atoms with E-state index in [1.165, 1.54) is 42.0 Å². The van der Waals surface area contributed by atoms with Crippen molar-refractivity contribution in [2.75, 3.05) is 0 Å². The second-order valence-corrected chi connectivity index (χ2v) is 14.4. The molecule has 0 aliphatic heterocycles. The first-order valence-corrected chi connectivity index (χ1v) is 18.5. The second kappa shape index (κ2) is 12.2. The minimum Gasteiger partial charge on any atom is -0.456 e. The number of furan rings is 1. The minimum absolute atomic E-state index is 0.142. The summed E-state index contributed by atoms with van der Waals surface area (Å²) in [6, 6.07) is 55.4. The number of hydrogen-bond donors (Lipinski definition) is 0. The Kier molecular flexibility index (Phi) is 7.15. The molecule has 10 aromatic rings. The molecule has 10 rings (SSSR count). The molecule has 3 heterocycles. The largest absolute Gasteiger partial charge is 0.456 e. The van der Waals surface area contributed by atoms with E-state index in [0.717, 1.165) is 50.0 Å². The van der Waals surface area contributed by atoms with Gasteiger partial charge in [0.25, 0.3) is 0 Å². The van der Waals surface area contributed by atoms with Crippen LogP contribution >= 0.6 is 11.3 Å². The van der Waals surface area contributed by atoms with Gasteiger partial charge in [0.2, 0.25) is 0 Å². The van der Waals surface area contributed by atoms with Crippen LogP contribution in [0.5, 0.6) is 0 Å². The van der Waals surface area contributed by atoms with Crippen LogP contribution in [0.25, 0.3) is 69.6 Å². The molecule has 5 heteroatoms. The first kappa shape index (κ1) is 30.5. The Labute approximate surface area is 304 Å². The lowest BCUT2D eigenvalue weighted by molar-refractivity contribution is 0.666. The summed E-state index contributed by atoms with van der Waals surface area (Å²) in [6.07, 6.45) is 0. The van der Waals surface area contributed by atoms with E-state index < -0.39 is 0 Å². The van der Waals surface area contributed by atoms with Gasteiger partial charge in [0.05, 0.1) is 21.8 Å². The quantitative estimate of drug-likeness (QED) is 0.131. The highest BCUT2D eigenvalue weighted by atomic mass is 32.1. The van der Waals surface area contributed by atoms with E-state index in [2.05, 4.69) is 133 Å². The summed E-state index contributed by atoms with van der Waals surface area (Å²) in [6.45, 7) is 4.16. The van der Waals surface area contributed by atoms with Crippen LogP contribution in [0.4, 0.5) is 0 Å². The standard InChI is InChI=1S/C47H33N3OS/c1-29(31-13-5-3-6-14-31)48-47(32-15-7-4-8-16-32)49-30(2)33-21-23-36-37-24-22-34(28-43(37)51-42(36)27-33)50-41-19-11-9-17-35(41)39-25-26-40-38-18-10-12-20-44(38)52-46(40)45(39)50/h3-28,30H,1-2H3. The van der Waals surface area contributed by atoms with Gasteiger partial charge in [-0.2, -0.15) is 0 Å². The maximum Gasteiger partial charge on any atom is 0.155 e. The van der Waals surface area contributed by atoms with Crippen molar-refractivity contribution in [1.29, 1.82) is 0 Å². The van der Waals surface area contributed by atoms with E-state index in [1.807, 2.05) is 54.7 Å². The van der Waals surface area contributed by atoms with Crippen molar-refractivity contribution in [3.63, 3.8) is 0 Å². The molecule has 0 radical (unpaired) electrons. The zero-order chi connectivity index (χ0) is 34.8. The number of rotatable bonds is 5. The summed E-state index contributed by atoms with van der Waals surface area (Å²) >= 11 is 1.87. The van der Waals surface area contributed by atoms with Gasteiger partial charge in [0, 0.05) is 60.0 Å². The third kappa shape index (κ3) is 4.96. The first-order valence-electron chi connectivity index (χ1n) is 17.6. The molecule has 0 amide bonds. The molecule has 0 bridgehead atoms. The Morgan fingerprint density at radius 2 is 1.23 bits per heavy atom. The maximum absolute atomic E-state index is 6.67. The molecule has 0 fully saturated rings. The van der Waals surface area contributed by atoms with E-state index in [4.69, 9.17) is 14.4 Å². The van der Waals surface area contributed by atoms with Crippen molar-refractivity contribution in [2.45, 2.75) is 19.9 Å². The van der Waals surface area contributed by atoms with Gasteiger partial charge in [-0.3, -0.25) is 4.99 Å². The number of aliphatic imine (C=N–C) groups is 2. The fourth-order valence-corrected chi connectivity index (χ4v) is 8.84. The highest BCUT2D eigenvalue weighted by Crippen LogP contribution is 2.43. The average Bonchev–Trinajstić information content (AvgIpc) is 3.87. The fourth-order valence-electron chi connectivity index (χ4n) is 7.60. The van der Waals surface area contributed by atoms with Crippen LogP contribution in [0.2, 0.25) is 0 Å². The van der Waals surface area contributed by atoms with Crippen LogP contribution < -0.4 is 0 Å². The zero-order valence-corrected chi connectivity index (χ0v) is 29.6. The number of benzene rings is 7. The van der Waals surface area contributed by atoms with Gasteiger partial charge in [-0.25, -0.2) is 4.99 Å². The summed E-state index contributed by atoms with van der Waals surface area (Å²) < 4.78 is 11.7. The molecule has 1 atom stereocenters. The summed E-state index contributed by atoms with van der Waals surface area (Å²) in [7, 11) is 0. The predicted molar refractivity (Wildman–Crippen MR) is 221 cm³/mol. The molecule has 52 heavy (non-hydrogen) atoms. The molecule has 3 aromatic heterocycles. The number of para-hydroxylation sites is 1. The maximum atomic E-state index is 6.67. The summed E-state index contributed by atoms with van der Waals surface area (Å²) in [5.74, 6) is 0.711. The smallest absolute Gasteiger partial charge is 0.155 e. The molecule has 0 spiro atoms. The van der Waals surface area contributed by atoms with Crippen LogP contribution in [0.15, 0.2) is 172 Å². The number of aromatic nitrogens is 1. The van der Waals surface area contributed by atoms with Gasteiger partial charge in [-0.1, -0.05) is 121 Å². The highest BCUT2D eigenvalue weighted by molar-refractivity contribution is 7.26. The van der Waals surface area contributed by atoms with Crippen molar-refractivity contribution < 1.29 is 4.42 Å². The Bertz CT molecular complexity index is 3040. The summed E-state index contributed by atoms with van der Waals surface area (Å²) in [4.78, 5) is 10.2. The van der Waals surface area contributed by atoms with Gasteiger partial charge in [-0.05, 0) is 55.3 Å². The van der Waals surface area contributed by atoms with Crippen LogP contribution in [0.3, 0.4) is 0 Å². The van der Waals surface area contributed by atoms with E-state index >= 15 is 0 Å². The van der Waals surface area contributed by atoms with Gasteiger partial charge < -0.3 is 8.98 Å². The topological polar surface area (TPSA) is 42.8 Å². The molecule has 1 unspecified atom stereocenters. The molecule has 0 saturated carbocycles. The van der Waals surface area contributed by atoms with Gasteiger partial charge in [0.15, 0.2) is 5.84 Å².